The Morgan fingerprint density at radius 2 is 1.69 bits per heavy atom. The number of rotatable bonds is 4. The van der Waals surface area contributed by atoms with Gasteiger partial charge in [-0.3, -0.25) is 9.36 Å². The monoisotopic (exact) mass is 387 g/mol. The van der Waals surface area contributed by atoms with E-state index in [0.717, 1.165) is 0 Å². The summed E-state index contributed by atoms with van der Waals surface area (Å²) in [5.74, 6) is -0.685. The molecule has 132 valence electrons. The maximum atomic E-state index is 13.1. The lowest BCUT2D eigenvalue weighted by Gasteiger charge is -2.15. The van der Waals surface area contributed by atoms with Crippen LogP contribution in [0.2, 0.25) is 10.2 Å². The Bertz CT molecular complexity index is 996. The van der Waals surface area contributed by atoms with Crippen LogP contribution in [0.25, 0.3) is 16.8 Å². The van der Waals surface area contributed by atoms with Crippen molar-refractivity contribution < 1.29 is 9.53 Å². The largest absolute Gasteiger partial charge is 0.462 e. The van der Waals surface area contributed by atoms with Crippen LogP contribution in [0.3, 0.4) is 0 Å². The second-order valence-corrected chi connectivity index (χ2v) is 6.28. The third kappa shape index (κ3) is 3.52. The summed E-state index contributed by atoms with van der Waals surface area (Å²) in [5, 5.41) is 0.716. The number of aromatic nitrogens is 1. The molecule has 0 atom stereocenters. The van der Waals surface area contributed by atoms with Crippen molar-refractivity contribution in [3.63, 3.8) is 0 Å². The predicted molar refractivity (Wildman–Crippen MR) is 103 cm³/mol. The number of pyridine rings is 1. The van der Waals surface area contributed by atoms with Gasteiger partial charge in [0, 0.05) is 10.6 Å². The molecule has 0 aliphatic heterocycles. The van der Waals surface area contributed by atoms with Crippen molar-refractivity contribution in [3.8, 4) is 16.8 Å². The highest BCUT2D eigenvalue weighted by Gasteiger charge is 2.23. The molecule has 6 heteroatoms. The van der Waals surface area contributed by atoms with Crippen LogP contribution in [0, 0.1) is 0 Å². The van der Waals surface area contributed by atoms with Gasteiger partial charge in [-0.15, -0.1) is 0 Å². The van der Waals surface area contributed by atoms with E-state index in [1.165, 1.54) is 4.57 Å². The van der Waals surface area contributed by atoms with Crippen LogP contribution < -0.4 is 5.56 Å². The van der Waals surface area contributed by atoms with Crippen LogP contribution in [0.5, 0.6) is 0 Å². The Balaban J connectivity index is 2.30. The summed E-state index contributed by atoms with van der Waals surface area (Å²) in [4.78, 5) is 25.6. The molecular weight excluding hydrogens is 373 g/mol. The van der Waals surface area contributed by atoms with Gasteiger partial charge in [-0.2, -0.15) is 0 Å². The summed E-state index contributed by atoms with van der Waals surface area (Å²) in [6.45, 7) is 1.85. The van der Waals surface area contributed by atoms with Gasteiger partial charge in [0.2, 0.25) is 0 Å². The Morgan fingerprint density at radius 1 is 1.04 bits per heavy atom. The highest BCUT2D eigenvalue weighted by Crippen LogP contribution is 2.27. The molecule has 3 aromatic rings. The molecule has 0 unspecified atom stereocenters. The Hall–Kier alpha value is -2.56. The smallest absolute Gasteiger partial charge is 0.344 e. The van der Waals surface area contributed by atoms with E-state index in [1.54, 1.807) is 49.4 Å². The van der Waals surface area contributed by atoms with Gasteiger partial charge in [0.05, 0.1) is 12.3 Å². The van der Waals surface area contributed by atoms with E-state index in [-0.39, 0.29) is 17.3 Å². The zero-order valence-electron chi connectivity index (χ0n) is 13.9. The Labute approximate surface area is 160 Å². The number of hydrogen-bond donors (Lipinski definition) is 0. The van der Waals surface area contributed by atoms with Crippen molar-refractivity contribution in [2.45, 2.75) is 6.92 Å². The molecule has 1 aromatic heterocycles. The first-order valence-electron chi connectivity index (χ1n) is 7.97. The molecule has 0 aliphatic rings. The SMILES string of the molecule is CCOC(=O)c1c(-c2ccccc2)cc(Cl)n(-c2ccc(Cl)cc2)c1=O. The number of carbonyl (C=O) groups excluding carboxylic acids is 1. The molecule has 3 rings (SSSR count). The molecule has 0 fully saturated rings. The lowest BCUT2D eigenvalue weighted by Crippen LogP contribution is -2.28. The van der Waals surface area contributed by atoms with Gasteiger partial charge in [-0.1, -0.05) is 53.5 Å². The molecule has 0 saturated heterocycles. The van der Waals surface area contributed by atoms with Crippen molar-refractivity contribution >= 4 is 29.2 Å². The number of esters is 1. The van der Waals surface area contributed by atoms with Crippen molar-refractivity contribution in [2.24, 2.45) is 0 Å². The topological polar surface area (TPSA) is 48.3 Å². The molecule has 0 saturated carbocycles. The minimum atomic E-state index is -0.685. The van der Waals surface area contributed by atoms with Gasteiger partial charge < -0.3 is 4.74 Å². The lowest BCUT2D eigenvalue weighted by atomic mass is 10.0. The van der Waals surface area contributed by atoms with E-state index < -0.39 is 11.5 Å². The zero-order chi connectivity index (χ0) is 18.7. The number of hydrogen-bond acceptors (Lipinski definition) is 3. The van der Waals surface area contributed by atoms with Gasteiger partial charge in [0.1, 0.15) is 10.7 Å². The van der Waals surface area contributed by atoms with E-state index >= 15 is 0 Å². The maximum Gasteiger partial charge on any atom is 0.344 e. The normalized spacial score (nSPS) is 10.6. The molecule has 2 aromatic carbocycles. The van der Waals surface area contributed by atoms with Gasteiger partial charge in [0.25, 0.3) is 5.56 Å². The van der Waals surface area contributed by atoms with Crippen molar-refractivity contribution in [1.82, 2.24) is 4.57 Å². The minimum Gasteiger partial charge on any atom is -0.462 e. The number of nitrogens with zero attached hydrogens (tertiary/aromatic N) is 1. The number of carbonyl (C=O) groups is 1. The average molecular weight is 388 g/mol. The average Bonchev–Trinajstić information content (AvgIpc) is 2.63. The van der Waals surface area contributed by atoms with Gasteiger partial charge in [-0.05, 0) is 42.8 Å². The summed E-state index contributed by atoms with van der Waals surface area (Å²) in [5.41, 5.74) is 1.05. The van der Waals surface area contributed by atoms with Crippen molar-refractivity contribution in [2.75, 3.05) is 6.61 Å². The van der Waals surface area contributed by atoms with Crippen LogP contribution in [-0.4, -0.2) is 17.1 Å². The van der Waals surface area contributed by atoms with Gasteiger partial charge in [0.15, 0.2) is 0 Å². The van der Waals surface area contributed by atoms with Crippen LogP contribution >= 0.6 is 23.2 Å². The maximum absolute atomic E-state index is 13.1. The fourth-order valence-electron chi connectivity index (χ4n) is 2.66. The summed E-state index contributed by atoms with van der Waals surface area (Å²) >= 11 is 12.3. The fourth-order valence-corrected chi connectivity index (χ4v) is 3.07. The summed E-state index contributed by atoms with van der Waals surface area (Å²) in [7, 11) is 0. The number of halogens is 2. The number of ether oxygens (including phenoxy) is 1. The van der Waals surface area contributed by atoms with Crippen molar-refractivity contribution in [1.29, 1.82) is 0 Å². The third-order valence-electron chi connectivity index (χ3n) is 3.81. The second kappa shape index (κ2) is 7.77. The Kier molecular flexibility index (Phi) is 5.45. The standard InChI is InChI=1S/C20H15Cl2NO3/c1-2-26-20(25)18-16(13-6-4-3-5-7-13)12-17(22)23(19(18)24)15-10-8-14(21)9-11-15/h3-12H,2H2,1H3. The zero-order valence-corrected chi connectivity index (χ0v) is 15.4. The van der Waals surface area contributed by atoms with Crippen LogP contribution in [0.1, 0.15) is 17.3 Å². The highest BCUT2D eigenvalue weighted by atomic mass is 35.5. The molecule has 0 amide bonds. The molecule has 1 heterocycles. The first kappa shape index (κ1) is 18.2. The minimum absolute atomic E-state index is 0.0580. The molecule has 0 radical (unpaired) electrons. The van der Waals surface area contributed by atoms with Gasteiger partial charge >= 0.3 is 5.97 Å². The molecular formula is C20H15Cl2NO3. The Morgan fingerprint density at radius 3 is 2.31 bits per heavy atom. The molecule has 26 heavy (non-hydrogen) atoms. The van der Waals surface area contributed by atoms with Crippen LogP contribution in [-0.2, 0) is 4.74 Å². The fraction of sp³-hybridized carbons (Fsp3) is 0.100. The van der Waals surface area contributed by atoms with E-state index in [9.17, 15) is 9.59 Å². The summed E-state index contributed by atoms with van der Waals surface area (Å²) < 4.78 is 6.36. The summed E-state index contributed by atoms with van der Waals surface area (Å²) in [6.07, 6.45) is 0. The second-order valence-electron chi connectivity index (χ2n) is 5.46. The molecule has 0 aliphatic carbocycles. The van der Waals surface area contributed by atoms with E-state index in [1.807, 2.05) is 18.2 Å². The first-order valence-corrected chi connectivity index (χ1v) is 8.72. The first-order chi connectivity index (χ1) is 12.5. The van der Waals surface area contributed by atoms with E-state index in [4.69, 9.17) is 27.9 Å². The van der Waals surface area contributed by atoms with Gasteiger partial charge in [-0.25, -0.2) is 4.79 Å². The third-order valence-corrected chi connectivity index (χ3v) is 4.34. The molecule has 4 nitrogen and oxygen atoms in total. The van der Waals surface area contributed by atoms with E-state index in [0.29, 0.717) is 21.8 Å². The van der Waals surface area contributed by atoms with Crippen LogP contribution in [0.4, 0.5) is 0 Å². The highest BCUT2D eigenvalue weighted by molar-refractivity contribution is 6.31. The number of benzene rings is 2. The van der Waals surface area contributed by atoms with Crippen LogP contribution in [0.15, 0.2) is 65.5 Å². The predicted octanol–water partition coefficient (Wildman–Crippen LogP) is 4.99. The van der Waals surface area contributed by atoms with E-state index in [2.05, 4.69) is 0 Å². The molecule has 0 spiro atoms. The quantitative estimate of drug-likeness (QED) is 0.468. The molecule has 0 bridgehead atoms. The lowest BCUT2D eigenvalue weighted by molar-refractivity contribution is 0.0525. The van der Waals surface area contributed by atoms with Crippen molar-refractivity contribution in [3.05, 3.63) is 86.8 Å². The summed E-state index contributed by atoms with van der Waals surface area (Å²) in [6, 6.07) is 17.3. The molecule has 0 N–H and O–H groups in total.